The van der Waals surface area contributed by atoms with Crippen LogP contribution in [0.1, 0.15) is 19.4 Å². The van der Waals surface area contributed by atoms with Crippen molar-refractivity contribution in [3.63, 3.8) is 0 Å². The maximum absolute atomic E-state index is 14.4. The molecule has 4 N–H and O–H groups in total. The molecule has 0 amide bonds. The van der Waals surface area contributed by atoms with E-state index in [4.69, 9.17) is 16.3 Å². The van der Waals surface area contributed by atoms with Crippen molar-refractivity contribution in [1.29, 1.82) is 0 Å². The number of benzene rings is 1. The minimum Gasteiger partial charge on any atom is -0.479 e. The molecule has 4 rings (SSSR count). The van der Waals surface area contributed by atoms with E-state index in [1.807, 2.05) is 6.92 Å². The summed E-state index contributed by atoms with van der Waals surface area (Å²) in [5.41, 5.74) is 7.77. The third kappa shape index (κ3) is 4.50. The minimum absolute atomic E-state index is 0.0770. The predicted octanol–water partition coefficient (Wildman–Crippen LogP) is 4.17. The lowest BCUT2D eigenvalue weighted by molar-refractivity contribution is 0.369. The van der Waals surface area contributed by atoms with Gasteiger partial charge in [-0.25, -0.2) is 28.1 Å². The van der Waals surface area contributed by atoms with E-state index in [0.717, 1.165) is 12.1 Å². The van der Waals surface area contributed by atoms with E-state index in [2.05, 4.69) is 25.0 Å². The summed E-state index contributed by atoms with van der Waals surface area (Å²) in [5.74, 6) is 3.51. The molecule has 0 fully saturated rings. The van der Waals surface area contributed by atoms with Crippen LogP contribution in [0.4, 0.5) is 24.7 Å². The Morgan fingerprint density at radius 3 is 2.63 bits per heavy atom. The third-order valence-electron chi connectivity index (χ3n) is 5.41. The number of rotatable bonds is 7. The first kappa shape index (κ1) is 23.7. The van der Waals surface area contributed by atoms with E-state index in [1.165, 1.54) is 38.0 Å². The van der Waals surface area contributed by atoms with Crippen LogP contribution in [0.25, 0.3) is 22.2 Å². The normalized spacial score (nSPS) is 13.0. The number of halogens is 3. The molecule has 0 aliphatic rings. The van der Waals surface area contributed by atoms with Gasteiger partial charge in [-0.3, -0.25) is 4.99 Å². The first-order valence-corrected chi connectivity index (χ1v) is 10.5. The lowest BCUT2D eigenvalue weighted by atomic mass is 10.1. The standard InChI is InChI=1S/C23H21F3N8O/c1-3-19(18(33-28)9-29-17-5-4-13(24)7-15(17)25)34-10-14(20-21(27)31-11-32-22(20)34)12-6-16(26)23(35-2)30-8-12/h4-11,19H,3,28H2,1-2H3,(H2,27,31,32). The summed E-state index contributed by atoms with van der Waals surface area (Å²) in [6, 6.07) is 3.80. The summed E-state index contributed by atoms with van der Waals surface area (Å²) in [7, 11) is 1.32. The average molecular weight is 482 g/mol. The fraction of sp³-hybridized carbons (Fsp3) is 0.174. The molecule has 0 saturated carbocycles. The number of fused-ring (bicyclic) bond motifs is 1. The summed E-state index contributed by atoms with van der Waals surface area (Å²) in [6.45, 7) is 1.88. The van der Waals surface area contributed by atoms with Crippen LogP contribution in [-0.4, -0.2) is 38.6 Å². The van der Waals surface area contributed by atoms with Crippen LogP contribution in [0.15, 0.2) is 53.1 Å². The van der Waals surface area contributed by atoms with Gasteiger partial charge in [0.05, 0.1) is 30.4 Å². The lowest BCUT2D eigenvalue weighted by Gasteiger charge is -2.17. The summed E-state index contributed by atoms with van der Waals surface area (Å²) in [5, 5.41) is 4.31. The van der Waals surface area contributed by atoms with Crippen LogP contribution in [-0.2, 0) is 0 Å². The Bertz CT molecular complexity index is 1450. The molecule has 12 heteroatoms. The Kier molecular flexibility index (Phi) is 6.62. The van der Waals surface area contributed by atoms with Crippen LogP contribution < -0.4 is 16.3 Å². The number of methoxy groups -OCH3 is 1. The zero-order valence-electron chi connectivity index (χ0n) is 18.8. The highest BCUT2D eigenvalue weighted by Gasteiger charge is 2.23. The van der Waals surface area contributed by atoms with Crippen molar-refractivity contribution in [3.05, 3.63) is 60.4 Å². The van der Waals surface area contributed by atoms with E-state index in [9.17, 15) is 13.2 Å². The molecule has 180 valence electrons. The van der Waals surface area contributed by atoms with Gasteiger partial charge in [-0.15, -0.1) is 0 Å². The van der Waals surface area contributed by atoms with Gasteiger partial charge in [-0.1, -0.05) is 6.92 Å². The highest BCUT2D eigenvalue weighted by Crippen LogP contribution is 2.36. The van der Waals surface area contributed by atoms with Gasteiger partial charge in [-0.05, 0) is 24.6 Å². The number of nitrogen functional groups attached to an aromatic ring is 1. The number of anilines is 1. The SMILES string of the molecule is CCC(C(C=Nc1ccc(F)cc1F)=NN)n1cc(-c2cnc(OC)c(F)c2)c2c(N)ncnc21. The molecule has 1 unspecified atom stereocenters. The van der Waals surface area contributed by atoms with E-state index < -0.39 is 23.5 Å². The molecule has 0 saturated heterocycles. The van der Waals surface area contributed by atoms with Crippen LogP contribution in [0, 0.1) is 17.5 Å². The molecule has 3 heterocycles. The maximum Gasteiger partial charge on any atom is 0.250 e. The molecule has 1 aromatic carbocycles. The number of ether oxygens (including phenoxy) is 1. The van der Waals surface area contributed by atoms with E-state index in [1.54, 1.807) is 10.8 Å². The lowest BCUT2D eigenvalue weighted by Crippen LogP contribution is -2.21. The van der Waals surface area contributed by atoms with E-state index in [0.29, 0.717) is 28.6 Å². The molecular weight excluding hydrogens is 461 g/mol. The van der Waals surface area contributed by atoms with Crippen molar-refractivity contribution in [2.45, 2.75) is 19.4 Å². The Morgan fingerprint density at radius 1 is 1.17 bits per heavy atom. The third-order valence-corrected chi connectivity index (χ3v) is 5.41. The maximum atomic E-state index is 14.4. The van der Waals surface area contributed by atoms with Crippen molar-refractivity contribution in [2.24, 2.45) is 15.9 Å². The number of nitrogens with two attached hydrogens (primary N) is 2. The smallest absolute Gasteiger partial charge is 0.250 e. The molecule has 0 bridgehead atoms. The number of pyridine rings is 1. The summed E-state index contributed by atoms with van der Waals surface area (Å²) < 4.78 is 48.3. The molecule has 35 heavy (non-hydrogen) atoms. The average Bonchev–Trinajstić information content (AvgIpc) is 3.23. The van der Waals surface area contributed by atoms with Gasteiger partial charge in [0.2, 0.25) is 5.88 Å². The van der Waals surface area contributed by atoms with Crippen molar-refractivity contribution in [1.82, 2.24) is 19.5 Å². The quantitative estimate of drug-likeness (QED) is 0.231. The van der Waals surface area contributed by atoms with Crippen LogP contribution in [0.3, 0.4) is 0 Å². The number of hydrazone groups is 1. The minimum atomic E-state index is -0.825. The van der Waals surface area contributed by atoms with E-state index >= 15 is 0 Å². The monoisotopic (exact) mass is 482 g/mol. The fourth-order valence-corrected chi connectivity index (χ4v) is 3.76. The zero-order chi connectivity index (χ0) is 25.1. The van der Waals surface area contributed by atoms with Gasteiger partial charge in [0, 0.05) is 29.6 Å². The van der Waals surface area contributed by atoms with Crippen molar-refractivity contribution in [2.75, 3.05) is 12.8 Å². The molecule has 1 atom stereocenters. The molecule has 4 aromatic rings. The highest BCUT2D eigenvalue weighted by atomic mass is 19.1. The van der Waals surface area contributed by atoms with Gasteiger partial charge in [0.1, 0.15) is 29.3 Å². The zero-order valence-corrected chi connectivity index (χ0v) is 18.8. The predicted molar refractivity (Wildman–Crippen MR) is 127 cm³/mol. The van der Waals surface area contributed by atoms with Crippen molar-refractivity contribution < 1.29 is 17.9 Å². The van der Waals surface area contributed by atoms with Gasteiger partial charge in [0.15, 0.2) is 11.6 Å². The molecule has 9 nitrogen and oxygen atoms in total. The van der Waals surface area contributed by atoms with Crippen molar-refractivity contribution in [3.8, 4) is 17.0 Å². The Balaban J connectivity index is 1.82. The molecular formula is C23H21F3N8O. The van der Waals surface area contributed by atoms with E-state index in [-0.39, 0.29) is 23.1 Å². The van der Waals surface area contributed by atoms with Gasteiger partial charge in [-0.2, -0.15) is 5.10 Å². The van der Waals surface area contributed by atoms with Crippen LogP contribution >= 0.6 is 0 Å². The fourth-order valence-electron chi connectivity index (χ4n) is 3.76. The molecule has 0 aliphatic heterocycles. The number of nitrogens with zero attached hydrogens (tertiary/aromatic N) is 6. The van der Waals surface area contributed by atoms with Crippen molar-refractivity contribution >= 4 is 34.5 Å². The van der Waals surface area contributed by atoms with Gasteiger partial charge in [0.25, 0.3) is 0 Å². The Hall–Kier alpha value is -4.48. The first-order valence-electron chi connectivity index (χ1n) is 10.5. The highest BCUT2D eigenvalue weighted by molar-refractivity contribution is 6.32. The second kappa shape index (κ2) is 9.79. The molecule has 0 radical (unpaired) electrons. The molecule has 3 aromatic heterocycles. The number of aromatic nitrogens is 4. The number of hydrogen-bond donors (Lipinski definition) is 2. The molecule has 0 aliphatic carbocycles. The van der Waals surface area contributed by atoms with Crippen LogP contribution in [0.2, 0.25) is 0 Å². The Morgan fingerprint density at radius 2 is 1.97 bits per heavy atom. The van der Waals surface area contributed by atoms with Crippen LogP contribution in [0.5, 0.6) is 5.88 Å². The largest absolute Gasteiger partial charge is 0.479 e. The number of hydrogen-bond acceptors (Lipinski definition) is 8. The second-order valence-corrected chi connectivity index (χ2v) is 7.45. The topological polar surface area (TPSA) is 130 Å². The number of aliphatic imine (C=N–C) groups is 1. The summed E-state index contributed by atoms with van der Waals surface area (Å²) in [6.07, 6.45) is 6.25. The summed E-state index contributed by atoms with van der Waals surface area (Å²) >= 11 is 0. The molecule has 0 spiro atoms. The first-order chi connectivity index (χ1) is 16.9. The Labute approximate surface area is 198 Å². The van der Waals surface area contributed by atoms with Gasteiger partial charge >= 0.3 is 0 Å². The summed E-state index contributed by atoms with van der Waals surface area (Å²) in [4.78, 5) is 16.5. The van der Waals surface area contributed by atoms with Gasteiger partial charge < -0.3 is 20.9 Å². The second-order valence-electron chi connectivity index (χ2n) is 7.45.